The van der Waals surface area contributed by atoms with E-state index in [2.05, 4.69) is 5.32 Å². The summed E-state index contributed by atoms with van der Waals surface area (Å²) in [5.74, 6) is -2.56. The second-order valence-electron chi connectivity index (χ2n) is 9.20. The molecular formula is C28H37NO7. The Morgan fingerprint density at radius 3 is 2.36 bits per heavy atom. The summed E-state index contributed by atoms with van der Waals surface area (Å²) in [7, 11) is 1.28. The molecule has 0 amide bonds. The highest BCUT2D eigenvalue weighted by atomic mass is 16.6. The number of nitrogens with one attached hydrogen (secondary N) is 1. The molecule has 196 valence electrons. The number of Topliss-reactive ketones (excluding diaryl/α,β-unsaturated/α-hetero) is 1. The van der Waals surface area contributed by atoms with Crippen molar-refractivity contribution in [2.75, 3.05) is 33.5 Å². The van der Waals surface area contributed by atoms with Crippen LogP contribution in [0.3, 0.4) is 0 Å². The molecule has 0 bridgehead atoms. The van der Waals surface area contributed by atoms with Crippen molar-refractivity contribution in [1.29, 1.82) is 0 Å². The summed E-state index contributed by atoms with van der Waals surface area (Å²) >= 11 is 0. The van der Waals surface area contributed by atoms with Crippen molar-refractivity contribution in [3.63, 3.8) is 0 Å². The fraction of sp³-hybridized carbons (Fsp3) is 0.536. The van der Waals surface area contributed by atoms with Gasteiger partial charge in [0.25, 0.3) is 0 Å². The largest absolute Gasteiger partial charge is 0.494 e. The average Bonchev–Trinajstić information content (AvgIpc) is 2.86. The quantitative estimate of drug-likeness (QED) is 0.276. The maximum Gasteiger partial charge on any atom is 0.336 e. The van der Waals surface area contributed by atoms with Gasteiger partial charge in [0, 0.05) is 29.5 Å². The molecule has 1 aromatic rings. The Morgan fingerprint density at radius 1 is 1.03 bits per heavy atom. The molecule has 0 saturated carbocycles. The third kappa shape index (κ3) is 5.98. The van der Waals surface area contributed by atoms with Crippen LogP contribution in [-0.2, 0) is 28.6 Å². The Morgan fingerprint density at radius 2 is 1.72 bits per heavy atom. The summed E-state index contributed by atoms with van der Waals surface area (Å²) in [5, 5.41) is 3.27. The van der Waals surface area contributed by atoms with Gasteiger partial charge < -0.3 is 24.3 Å². The highest BCUT2D eigenvalue weighted by Gasteiger charge is 2.47. The smallest absolute Gasteiger partial charge is 0.336 e. The van der Waals surface area contributed by atoms with Gasteiger partial charge in [0.05, 0.1) is 25.9 Å². The molecule has 1 aromatic carbocycles. The van der Waals surface area contributed by atoms with Crippen LogP contribution in [-0.4, -0.2) is 51.3 Å². The first-order valence-corrected chi connectivity index (χ1v) is 12.6. The highest BCUT2D eigenvalue weighted by Crippen LogP contribution is 2.45. The van der Waals surface area contributed by atoms with Crippen LogP contribution in [0.15, 0.2) is 46.8 Å². The molecule has 36 heavy (non-hydrogen) atoms. The minimum atomic E-state index is -0.927. The standard InChI is InChI=1S/C28H37NO7/c1-6-12-34-14-15-36-28(32)23-18(4)29-21-16-17(3)22(27(31)33-5)26(30)25(21)24(23)19-8-10-20(11-9-19)35-13-7-2/h8-11,17,22,24,29H,6-7,12-16H2,1-5H3/t17-,22+,24+/m1/s1. The number of benzene rings is 1. The number of methoxy groups -OCH3 is 1. The lowest BCUT2D eigenvalue weighted by Crippen LogP contribution is -2.43. The topological polar surface area (TPSA) is 100 Å². The van der Waals surface area contributed by atoms with Gasteiger partial charge in [-0.25, -0.2) is 4.79 Å². The van der Waals surface area contributed by atoms with Crippen LogP contribution in [0.4, 0.5) is 0 Å². The highest BCUT2D eigenvalue weighted by molar-refractivity contribution is 6.12. The first kappa shape index (κ1) is 27.5. The summed E-state index contributed by atoms with van der Waals surface area (Å²) in [6, 6.07) is 7.37. The normalized spacial score (nSPS) is 21.6. The van der Waals surface area contributed by atoms with E-state index in [1.807, 2.05) is 45.0 Å². The predicted octanol–water partition coefficient (Wildman–Crippen LogP) is 4.06. The number of ketones is 1. The van der Waals surface area contributed by atoms with E-state index in [1.54, 1.807) is 6.92 Å². The lowest BCUT2D eigenvalue weighted by atomic mass is 9.69. The van der Waals surface area contributed by atoms with Crippen LogP contribution >= 0.6 is 0 Å². The van der Waals surface area contributed by atoms with E-state index in [0.717, 1.165) is 24.1 Å². The lowest BCUT2D eigenvalue weighted by molar-refractivity contribution is -0.151. The van der Waals surface area contributed by atoms with Crippen LogP contribution < -0.4 is 10.1 Å². The molecule has 0 unspecified atom stereocenters. The zero-order valence-electron chi connectivity index (χ0n) is 21.8. The molecule has 0 aromatic heterocycles. The minimum absolute atomic E-state index is 0.105. The van der Waals surface area contributed by atoms with Crippen LogP contribution in [0.25, 0.3) is 0 Å². The second kappa shape index (κ2) is 12.7. The Labute approximate surface area is 213 Å². The van der Waals surface area contributed by atoms with E-state index >= 15 is 0 Å². The Hall–Kier alpha value is -3.13. The van der Waals surface area contributed by atoms with Crippen LogP contribution in [0.5, 0.6) is 5.75 Å². The molecule has 3 atom stereocenters. The van der Waals surface area contributed by atoms with Gasteiger partial charge in [0.15, 0.2) is 5.78 Å². The average molecular weight is 500 g/mol. The summed E-state index contributed by atoms with van der Waals surface area (Å²) in [4.78, 5) is 39.6. The fourth-order valence-corrected chi connectivity index (χ4v) is 4.78. The van der Waals surface area contributed by atoms with E-state index < -0.39 is 23.8 Å². The third-order valence-corrected chi connectivity index (χ3v) is 6.46. The Kier molecular flexibility index (Phi) is 9.70. The van der Waals surface area contributed by atoms with Gasteiger partial charge >= 0.3 is 11.9 Å². The number of hydrogen-bond donors (Lipinski definition) is 1. The van der Waals surface area contributed by atoms with E-state index in [4.69, 9.17) is 18.9 Å². The molecule has 0 fully saturated rings. The number of rotatable bonds is 11. The molecule has 8 heteroatoms. The molecule has 1 N–H and O–H groups in total. The van der Waals surface area contributed by atoms with E-state index in [-0.39, 0.29) is 18.3 Å². The van der Waals surface area contributed by atoms with Crippen molar-refractivity contribution in [2.45, 2.75) is 52.9 Å². The molecule has 1 aliphatic heterocycles. The molecule has 1 aliphatic carbocycles. The number of ether oxygens (including phenoxy) is 4. The molecule has 3 rings (SSSR count). The van der Waals surface area contributed by atoms with Crippen molar-refractivity contribution >= 4 is 17.7 Å². The number of esters is 2. The van der Waals surface area contributed by atoms with E-state index in [9.17, 15) is 14.4 Å². The summed E-state index contributed by atoms with van der Waals surface area (Å²) in [5.41, 5.74) is 2.85. The Balaban J connectivity index is 2.00. The van der Waals surface area contributed by atoms with Crippen molar-refractivity contribution in [2.24, 2.45) is 11.8 Å². The zero-order valence-corrected chi connectivity index (χ0v) is 21.8. The predicted molar refractivity (Wildman–Crippen MR) is 134 cm³/mol. The van der Waals surface area contributed by atoms with Gasteiger partial charge in [-0.1, -0.05) is 32.9 Å². The molecule has 2 aliphatic rings. The SMILES string of the molecule is CCCOCCOC(=O)C1=C(C)NC2=C(C(=O)[C@@H](C(=O)OC)[C@H](C)C2)[C@H]1c1ccc(OCCC)cc1. The van der Waals surface area contributed by atoms with Crippen molar-refractivity contribution in [1.82, 2.24) is 5.32 Å². The second-order valence-corrected chi connectivity index (χ2v) is 9.20. The van der Waals surface area contributed by atoms with E-state index in [0.29, 0.717) is 48.8 Å². The Bertz CT molecular complexity index is 1020. The van der Waals surface area contributed by atoms with Gasteiger partial charge in [-0.2, -0.15) is 0 Å². The van der Waals surface area contributed by atoms with Crippen LogP contribution in [0.1, 0.15) is 58.4 Å². The maximum atomic E-state index is 13.8. The van der Waals surface area contributed by atoms with Gasteiger partial charge in [0.2, 0.25) is 0 Å². The maximum absolute atomic E-state index is 13.8. The molecular weight excluding hydrogens is 462 g/mol. The molecule has 0 radical (unpaired) electrons. The summed E-state index contributed by atoms with van der Waals surface area (Å²) < 4.78 is 21.6. The first-order chi connectivity index (χ1) is 17.3. The minimum Gasteiger partial charge on any atom is -0.494 e. The molecule has 0 saturated heterocycles. The first-order valence-electron chi connectivity index (χ1n) is 12.6. The number of carbonyl (C=O) groups is 3. The van der Waals surface area contributed by atoms with Crippen LogP contribution in [0, 0.1) is 11.8 Å². The van der Waals surface area contributed by atoms with Crippen molar-refractivity contribution in [3.8, 4) is 5.75 Å². The van der Waals surface area contributed by atoms with Gasteiger partial charge in [0.1, 0.15) is 18.3 Å². The van der Waals surface area contributed by atoms with Crippen molar-refractivity contribution < 1.29 is 33.3 Å². The summed E-state index contributed by atoms with van der Waals surface area (Å²) in [6.07, 6.45) is 2.24. The molecule has 0 spiro atoms. The fourth-order valence-electron chi connectivity index (χ4n) is 4.78. The van der Waals surface area contributed by atoms with Crippen LogP contribution in [0.2, 0.25) is 0 Å². The molecule has 8 nitrogen and oxygen atoms in total. The number of dihydropyridines is 1. The van der Waals surface area contributed by atoms with E-state index in [1.165, 1.54) is 7.11 Å². The lowest BCUT2D eigenvalue weighted by Gasteiger charge is -2.38. The number of allylic oxidation sites excluding steroid dienone is 3. The zero-order chi connectivity index (χ0) is 26.2. The van der Waals surface area contributed by atoms with Crippen molar-refractivity contribution in [3.05, 3.63) is 52.4 Å². The number of carbonyl (C=O) groups excluding carboxylic acids is 3. The number of hydrogen-bond acceptors (Lipinski definition) is 8. The van der Waals surface area contributed by atoms with Gasteiger partial charge in [-0.15, -0.1) is 0 Å². The monoisotopic (exact) mass is 499 g/mol. The third-order valence-electron chi connectivity index (χ3n) is 6.46. The van der Waals surface area contributed by atoms with Gasteiger partial charge in [-0.3, -0.25) is 9.59 Å². The molecule has 1 heterocycles. The van der Waals surface area contributed by atoms with Gasteiger partial charge in [-0.05, 0) is 49.8 Å². The summed E-state index contributed by atoms with van der Waals surface area (Å²) in [6.45, 7) is 9.29.